The van der Waals surface area contributed by atoms with E-state index in [0.29, 0.717) is 0 Å². The van der Waals surface area contributed by atoms with Crippen molar-refractivity contribution in [1.82, 2.24) is 9.13 Å². The molecule has 0 aliphatic heterocycles. The minimum absolute atomic E-state index is 1.08. The molecule has 0 atom stereocenters. The third-order valence-electron chi connectivity index (χ3n) is 3.82. The molecule has 15 heavy (non-hydrogen) atoms. The van der Waals surface area contributed by atoms with Crippen LogP contribution in [0.2, 0.25) is 0 Å². The standard InChI is InChI=1S/C13H16N2/c1-8-5-10-11-6-9(2)15(4)13(11)7-12(10)14(8)3/h5-6H,7H2,1-4H3. The van der Waals surface area contributed by atoms with E-state index in [2.05, 4.69) is 49.2 Å². The van der Waals surface area contributed by atoms with Crippen molar-refractivity contribution in [2.75, 3.05) is 0 Å². The van der Waals surface area contributed by atoms with Gasteiger partial charge in [-0.3, -0.25) is 0 Å². The predicted molar refractivity (Wildman–Crippen MR) is 62.1 cm³/mol. The Morgan fingerprint density at radius 1 is 0.867 bits per heavy atom. The van der Waals surface area contributed by atoms with Crippen LogP contribution in [0.4, 0.5) is 0 Å². The molecule has 3 rings (SSSR count). The van der Waals surface area contributed by atoms with E-state index in [9.17, 15) is 0 Å². The minimum Gasteiger partial charge on any atom is -0.351 e. The van der Waals surface area contributed by atoms with E-state index >= 15 is 0 Å². The number of aromatic nitrogens is 2. The molecule has 0 N–H and O–H groups in total. The largest absolute Gasteiger partial charge is 0.351 e. The number of hydrogen-bond acceptors (Lipinski definition) is 0. The average molecular weight is 200 g/mol. The van der Waals surface area contributed by atoms with Crippen molar-refractivity contribution >= 4 is 0 Å². The molecular weight excluding hydrogens is 184 g/mol. The van der Waals surface area contributed by atoms with Crippen LogP contribution in [0.5, 0.6) is 0 Å². The third kappa shape index (κ3) is 0.942. The fourth-order valence-corrected chi connectivity index (χ4v) is 2.62. The lowest BCUT2D eigenvalue weighted by Gasteiger charge is -2.04. The first-order valence-corrected chi connectivity index (χ1v) is 5.40. The molecule has 2 heterocycles. The van der Waals surface area contributed by atoms with Crippen LogP contribution in [-0.4, -0.2) is 9.13 Å². The van der Waals surface area contributed by atoms with Crippen LogP contribution < -0.4 is 0 Å². The van der Waals surface area contributed by atoms with Crippen LogP contribution >= 0.6 is 0 Å². The number of fused-ring (bicyclic) bond motifs is 3. The molecule has 78 valence electrons. The second-order valence-electron chi connectivity index (χ2n) is 4.59. The van der Waals surface area contributed by atoms with Crippen molar-refractivity contribution in [3.63, 3.8) is 0 Å². The SMILES string of the molecule is Cc1cc2c(n1C)Cc1c-2cc(C)n1C. The maximum Gasteiger partial charge on any atom is 0.0313 e. The lowest BCUT2D eigenvalue weighted by atomic mass is 10.2. The summed E-state index contributed by atoms with van der Waals surface area (Å²) in [5.74, 6) is 0. The van der Waals surface area contributed by atoms with Gasteiger partial charge >= 0.3 is 0 Å². The molecule has 0 aromatic carbocycles. The molecule has 2 heteroatoms. The maximum atomic E-state index is 2.31. The van der Waals surface area contributed by atoms with Crippen molar-refractivity contribution in [3.8, 4) is 11.1 Å². The summed E-state index contributed by atoms with van der Waals surface area (Å²) in [6.07, 6.45) is 1.08. The van der Waals surface area contributed by atoms with Gasteiger partial charge in [0.2, 0.25) is 0 Å². The molecule has 0 radical (unpaired) electrons. The summed E-state index contributed by atoms with van der Waals surface area (Å²) in [5, 5.41) is 0. The average Bonchev–Trinajstić information content (AvgIpc) is 2.75. The van der Waals surface area contributed by atoms with Crippen LogP contribution in [0, 0.1) is 13.8 Å². The highest BCUT2D eigenvalue weighted by Gasteiger charge is 2.25. The smallest absolute Gasteiger partial charge is 0.0313 e. The van der Waals surface area contributed by atoms with Gasteiger partial charge in [0.25, 0.3) is 0 Å². The van der Waals surface area contributed by atoms with Crippen LogP contribution in [0.1, 0.15) is 22.8 Å². The molecule has 0 saturated carbocycles. The first-order valence-electron chi connectivity index (χ1n) is 5.40. The van der Waals surface area contributed by atoms with Crippen molar-refractivity contribution in [3.05, 3.63) is 34.9 Å². The van der Waals surface area contributed by atoms with E-state index in [-0.39, 0.29) is 0 Å². The van der Waals surface area contributed by atoms with Crippen LogP contribution in [0.15, 0.2) is 12.1 Å². The third-order valence-corrected chi connectivity index (χ3v) is 3.82. The summed E-state index contributed by atoms with van der Waals surface area (Å²) in [7, 11) is 4.32. The number of rotatable bonds is 0. The number of nitrogens with zero attached hydrogens (tertiary/aromatic N) is 2. The van der Waals surface area contributed by atoms with Gasteiger partial charge in [0.1, 0.15) is 0 Å². The number of aryl methyl sites for hydroxylation is 2. The lowest BCUT2D eigenvalue weighted by Crippen LogP contribution is -2.01. The fraction of sp³-hybridized carbons (Fsp3) is 0.385. The van der Waals surface area contributed by atoms with Crippen LogP contribution in [-0.2, 0) is 20.5 Å². The summed E-state index contributed by atoms with van der Waals surface area (Å²) in [4.78, 5) is 0. The first-order chi connectivity index (χ1) is 7.09. The Morgan fingerprint density at radius 3 is 1.67 bits per heavy atom. The zero-order valence-electron chi connectivity index (χ0n) is 9.76. The Kier molecular flexibility index (Phi) is 1.51. The summed E-state index contributed by atoms with van der Waals surface area (Å²) >= 11 is 0. The van der Waals surface area contributed by atoms with Gasteiger partial charge in [-0.1, -0.05) is 0 Å². The molecule has 0 amide bonds. The maximum absolute atomic E-state index is 2.31. The zero-order valence-corrected chi connectivity index (χ0v) is 9.76. The van der Waals surface area contributed by atoms with E-state index < -0.39 is 0 Å². The lowest BCUT2D eigenvalue weighted by molar-refractivity contribution is 0.780. The molecule has 0 saturated heterocycles. The van der Waals surface area contributed by atoms with Gasteiger partial charge in [-0.05, 0) is 26.0 Å². The van der Waals surface area contributed by atoms with Gasteiger partial charge in [-0.15, -0.1) is 0 Å². The van der Waals surface area contributed by atoms with Crippen molar-refractivity contribution in [2.45, 2.75) is 20.3 Å². The molecule has 0 fully saturated rings. The Hall–Kier alpha value is -1.44. The van der Waals surface area contributed by atoms with Crippen molar-refractivity contribution in [2.24, 2.45) is 14.1 Å². The first kappa shape index (κ1) is 8.84. The summed E-state index contributed by atoms with van der Waals surface area (Å²) in [6, 6.07) is 4.61. The molecule has 1 aliphatic carbocycles. The van der Waals surface area contributed by atoms with Gasteiger partial charge in [-0.2, -0.15) is 0 Å². The Bertz CT molecular complexity index is 505. The molecule has 0 spiro atoms. The van der Waals surface area contributed by atoms with Gasteiger partial charge in [-0.25, -0.2) is 0 Å². The van der Waals surface area contributed by atoms with Crippen molar-refractivity contribution in [1.29, 1.82) is 0 Å². The van der Waals surface area contributed by atoms with Crippen molar-refractivity contribution < 1.29 is 0 Å². The fourth-order valence-electron chi connectivity index (χ4n) is 2.62. The zero-order chi connectivity index (χ0) is 10.7. The van der Waals surface area contributed by atoms with Gasteiger partial charge in [0.15, 0.2) is 0 Å². The normalized spacial score (nSPS) is 13.1. The van der Waals surface area contributed by atoms with Crippen LogP contribution in [0.25, 0.3) is 11.1 Å². The highest BCUT2D eigenvalue weighted by Crippen LogP contribution is 2.39. The minimum atomic E-state index is 1.08. The van der Waals surface area contributed by atoms with Gasteiger partial charge < -0.3 is 9.13 Å². The van der Waals surface area contributed by atoms with Crippen LogP contribution in [0.3, 0.4) is 0 Å². The highest BCUT2D eigenvalue weighted by atomic mass is 15.0. The number of hydrogen-bond donors (Lipinski definition) is 0. The topological polar surface area (TPSA) is 9.86 Å². The summed E-state index contributed by atoms with van der Waals surface area (Å²) in [6.45, 7) is 4.35. The summed E-state index contributed by atoms with van der Waals surface area (Å²) < 4.78 is 4.62. The molecule has 2 aromatic heterocycles. The Balaban J connectivity index is 2.30. The molecule has 0 bridgehead atoms. The van der Waals surface area contributed by atoms with E-state index in [1.807, 2.05) is 0 Å². The Morgan fingerprint density at radius 2 is 1.27 bits per heavy atom. The Labute approximate surface area is 90.1 Å². The summed E-state index contributed by atoms with van der Waals surface area (Å²) in [5.41, 5.74) is 8.52. The molecule has 0 unspecified atom stereocenters. The molecule has 2 nitrogen and oxygen atoms in total. The second kappa shape index (κ2) is 2.57. The quantitative estimate of drug-likeness (QED) is 0.528. The second-order valence-corrected chi connectivity index (χ2v) is 4.59. The van der Waals surface area contributed by atoms with Gasteiger partial charge in [0.05, 0.1) is 0 Å². The van der Waals surface area contributed by atoms with E-state index in [0.717, 1.165) is 6.42 Å². The predicted octanol–water partition coefficient (Wildman–Crippen LogP) is 2.55. The highest BCUT2D eigenvalue weighted by molar-refractivity contribution is 5.76. The molecule has 1 aliphatic rings. The van der Waals surface area contributed by atoms with E-state index in [1.165, 1.54) is 33.9 Å². The molecule has 2 aromatic rings. The molecular formula is C13H16N2. The van der Waals surface area contributed by atoms with E-state index in [1.54, 1.807) is 0 Å². The van der Waals surface area contributed by atoms with E-state index in [4.69, 9.17) is 0 Å². The monoisotopic (exact) mass is 200 g/mol. The van der Waals surface area contributed by atoms with Gasteiger partial charge in [0, 0.05) is 54.4 Å².